The van der Waals surface area contributed by atoms with Crippen molar-refractivity contribution >= 4 is 22.4 Å². The molecule has 104 valence electrons. The smallest absolute Gasteiger partial charge is 0.255 e. The van der Waals surface area contributed by atoms with E-state index < -0.39 is 5.82 Å². The Hall–Kier alpha value is -2.75. The second kappa shape index (κ2) is 5.32. The Morgan fingerprint density at radius 2 is 2.05 bits per heavy atom. The number of benzene rings is 2. The average molecular weight is 280 g/mol. The molecule has 0 spiro atoms. The summed E-state index contributed by atoms with van der Waals surface area (Å²) in [5.41, 5.74) is 1.98. The summed E-state index contributed by atoms with van der Waals surface area (Å²) in [6.07, 6.45) is 3.18. The van der Waals surface area contributed by atoms with Crippen LogP contribution in [0.5, 0.6) is 0 Å². The van der Waals surface area contributed by atoms with Crippen LogP contribution in [0, 0.1) is 12.7 Å². The fourth-order valence-corrected chi connectivity index (χ4v) is 2.26. The van der Waals surface area contributed by atoms with Crippen molar-refractivity contribution < 1.29 is 9.18 Å². The van der Waals surface area contributed by atoms with Gasteiger partial charge in [0.15, 0.2) is 0 Å². The van der Waals surface area contributed by atoms with E-state index in [2.05, 4.69) is 10.3 Å². The topological polar surface area (TPSA) is 42.0 Å². The van der Waals surface area contributed by atoms with Crippen molar-refractivity contribution in [3.05, 3.63) is 71.8 Å². The van der Waals surface area contributed by atoms with Gasteiger partial charge < -0.3 is 5.32 Å². The fourth-order valence-electron chi connectivity index (χ4n) is 2.26. The molecule has 0 unspecified atom stereocenters. The van der Waals surface area contributed by atoms with Gasteiger partial charge in [0.2, 0.25) is 0 Å². The molecule has 0 atom stereocenters. The molecule has 0 saturated heterocycles. The first-order chi connectivity index (χ1) is 10.1. The van der Waals surface area contributed by atoms with E-state index in [-0.39, 0.29) is 5.91 Å². The SMILES string of the molecule is Cc1cccc(C(=O)Nc2cc(F)cc3cnccc23)c1. The Kier molecular flexibility index (Phi) is 3.36. The van der Waals surface area contributed by atoms with Crippen LogP contribution in [0.15, 0.2) is 54.9 Å². The molecule has 0 saturated carbocycles. The summed E-state index contributed by atoms with van der Waals surface area (Å²) in [6.45, 7) is 1.92. The van der Waals surface area contributed by atoms with Gasteiger partial charge in [-0.05, 0) is 37.3 Å². The molecule has 3 nitrogen and oxygen atoms in total. The average Bonchev–Trinajstić information content (AvgIpc) is 2.47. The lowest BCUT2D eigenvalue weighted by Crippen LogP contribution is -2.12. The molecular weight excluding hydrogens is 267 g/mol. The van der Waals surface area contributed by atoms with Crippen molar-refractivity contribution in [1.29, 1.82) is 0 Å². The molecule has 21 heavy (non-hydrogen) atoms. The molecule has 2 aromatic carbocycles. The predicted molar refractivity (Wildman–Crippen MR) is 80.8 cm³/mol. The maximum Gasteiger partial charge on any atom is 0.255 e. The summed E-state index contributed by atoms with van der Waals surface area (Å²) in [7, 11) is 0. The molecule has 1 N–H and O–H groups in total. The third kappa shape index (κ3) is 2.74. The van der Waals surface area contributed by atoms with Crippen molar-refractivity contribution in [2.75, 3.05) is 5.32 Å². The van der Waals surface area contributed by atoms with Crippen LogP contribution in [0.4, 0.5) is 10.1 Å². The molecular formula is C17H13FN2O. The number of hydrogen-bond acceptors (Lipinski definition) is 2. The molecule has 0 aliphatic heterocycles. The van der Waals surface area contributed by atoms with Gasteiger partial charge in [-0.1, -0.05) is 17.7 Å². The summed E-state index contributed by atoms with van der Waals surface area (Å²) in [5, 5.41) is 4.17. The molecule has 0 bridgehead atoms. The van der Waals surface area contributed by atoms with Crippen molar-refractivity contribution in [3.63, 3.8) is 0 Å². The number of amides is 1. The second-order valence-corrected chi connectivity index (χ2v) is 4.87. The number of carbonyl (C=O) groups excluding carboxylic acids is 1. The number of aromatic nitrogens is 1. The van der Waals surface area contributed by atoms with E-state index in [4.69, 9.17) is 0 Å². The second-order valence-electron chi connectivity index (χ2n) is 4.87. The van der Waals surface area contributed by atoms with Crippen LogP contribution in [-0.2, 0) is 0 Å². The maximum atomic E-state index is 13.6. The highest BCUT2D eigenvalue weighted by molar-refractivity contribution is 6.09. The first-order valence-corrected chi connectivity index (χ1v) is 6.55. The number of fused-ring (bicyclic) bond motifs is 1. The Balaban J connectivity index is 2.00. The van der Waals surface area contributed by atoms with E-state index in [9.17, 15) is 9.18 Å². The highest BCUT2D eigenvalue weighted by Crippen LogP contribution is 2.24. The first-order valence-electron chi connectivity index (χ1n) is 6.55. The molecule has 0 aliphatic rings. The molecule has 0 aliphatic carbocycles. The van der Waals surface area contributed by atoms with E-state index in [1.165, 1.54) is 12.1 Å². The van der Waals surface area contributed by atoms with Crippen LogP contribution in [0.3, 0.4) is 0 Å². The summed E-state index contributed by atoms with van der Waals surface area (Å²) in [5.74, 6) is -0.669. The molecule has 3 aromatic rings. The Morgan fingerprint density at radius 3 is 2.86 bits per heavy atom. The van der Waals surface area contributed by atoms with Gasteiger partial charge in [-0.3, -0.25) is 9.78 Å². The lowest BCUT2D eigenvalue weighted by atomic mass is 10.1. The predicted octanol–water partition coefficient (Wildman–Crippen LogP) is 3.93. The zero-order valence-corrected chi connectivity index (χ0v) is 11.4. The summed E-state index contributed by atoms with van der Waals surface area (Å²) < 4.78 is 13.6. The lowest BCUT2D eigenvalue weighted by Gasteiger charge is -2.09. The van der Waals surface area contributed by atoms with Crippen molar-refractivity contribution in [2.24, 2.45) is 0 Å². The Labute approximate surface area is 121 Å². The summed E-state index contributed by atoms with van der Waals surface area (Å²) in [6, 6.07) is 11.7. The van der Waals surface area contributed by atoms with Crippen LogP contribution in [-0.4, -0.2) is 10.9 Å². The molecule has 1 aromatic heterocycles. The van der Waals surface area contributed by atoms with E-state index >= 15 is 0 Å². The molecule has 4 heteroatoms. The zero-order chi connectivity index (χ0) is 14.8. The number of halogens is 1. The van der Waals surface area contributed by atoms with E-state index in [0.29, 0.717) is 16.6 Å². The van der Waals surface area contributed by atoms with Crippen LogP contribution in [0.1, 0.15) is 15.9 Å². The minimum Gasteiger partial charge on any atom is -0.321 e. The van der Waals surface area contributed by atoms with Crippen LogP contribution in [0.2, 0.25) is 0 Å². The van der Waals surface area contributed by atoms with Crippen molar-refractivity contribution in [1.82, 2.24) is 4.98 Å². The Bertz CT molecular complexity index is 830. The minimum absolute atomic E-state index is 0.262. The van der Waals surface area contributed by atoms with Gasteiger partial charge in [0.25, 0.3) is 5.91 Å². The number of carbonyl (C=O) groups is 1. The summed E-state index contributed by atoms with van der Waals surface area (Å²) >= 11 is 0. The van der Waals surface area contributed by atoms with Crippen LogP contribution >= 0.6 is 0 Å². The number of nitrogens with zero attached hydrogens (tertiary/aromatic N) is 1. The monoisotopic (exact) mass is 280 g/mol. The summed E-state index contributed by atoms with van der Waals surface area (Å²) in [4.78, 5) is 16.2. The van der Waals surface area contributed by atoms with E-state index in [1.807, 2.05) is 19.1 Å². The normalized spacial score (nSPS) is 10.6. The molecule has 1 amide bonds. The van der Waals surface area contributed by atoms with Crippen molar-refractivity contribution in [3.8, 4) is 0 Å². The van der Waals surface area contributed by atoms with Crippen LogP contribution < -0.4 is 5.32 Å². The van der Waals surface area contributed by atoms with Gasteiger partial charge in [0.05, 0.1) is 5.69 Å². The number of pyridine rings is 1. The van der Waals surface area contributed by atoms with Gasteiger partial charge in [-0.2, -0.15) is 0 Å². The van der Waals surface area contributed by atoms with E-state index in [1.54, 1.807) is 30.6 Å². The molecule has 0 radical (unpaired) electrons. The van der Waals surface area contributed by atoms with Gasteiger partial charge in [-0.15, -0.1) is 0 Å². The quantitative estimate of drug-likeness (QED) is 0.772. The maximum absolute atomic E-state index is 13.6. The molecule has 0 fully saturated rings. The third-order valence-electron chi connectivity index (χ3n) is 3.25. The van der Waals surface area contributed by atoms with Gasteiger partial charge >= 0.3 is 0 Å². The highest BCUT2D eigenvalue weighted by Gasteiger charge is 2.10. The van der Waals surface area contributed by atoms with Gasteiger partial charge in [0, 0.05) is 28.7 Å². The minimum atomic E-state index is -0.407. The highest BCUT2D eigenvalue weighted by atomic mass is 19.1. The molecule has 1 heterocycles. The number of anilines is 1. The largest absolute Gasteiger partial charge is 0.321 e. The number of aryl methyl sites for hydroxylation is 1. The first kappa shape index (κ1) is 13.2. The third-order valence-corrected chi connectivity index (χ3v) is 3.25. The Morgan fingerprint density at radius 1 is 1.19 bits per heavy atom. The number of rotatable bonds is 2. The van der Waals surface area contributed by atoms with Gasteiger partial charge in [0.1, 0.15) is 5.82 Å². The standard InChI is InChI=1S/C17H13FN2O/c1-11-3-2-4-12(7-11)17(21)20-16-9-14(18)8-13-10-19-6-5-15(13)16/h2-10H,1H3,(H,20,21). The zero-order valence-electron chi connectivity index (χ0n) is 11.4. The number of hydrogen-bond donors (Lipinski definition) is 1. The van der Waals surface area contributed by atoms with Crippen molar-refractivity contribution in [2.45, 2.75) is 6.92 Å². The van der Waals surface area contributed by atoms with Crippen LogP contribution in [0.25, 0.3) is 10.8 Å². The lowest BCUT2D eigenvalue weighted by molar-refractivity contribution is 0.102. The molecule has 3 rings (SSSR count). The fraction of sp³-hybridized carbons (Fsp3) is 0.0588. The number of nitrogens with one attached hydrogen (secondary N) is 1. The van der Waals surface area contributed by atoms with Gasteiger partial charge in [-0.25, -0.2) is 4.39 Å². The van der Waals surface area contributed by atoms with E-state index in [0.717, 1.165) is 10.9 Å².